The first-order valence-corrected chi connectivity index (χ1v) is 8.90. The monoisotopic (exact) mass is 288 g/mol. The highest BCUT2D eigenvalue weighted by Crippen LogP contribution is 2.29. The zero-order chi connectivity index (χ0) is 13.2. The van der Waals surface area contributed by atoms with Crippen molar-refractivity contribution in [3.05, 3.63) is 16.1 Å². The molecule has 2 rings (SSSR count). The van der Waals surface area contributed by atoms with Crippen molar-refractivity contribution in [1.29, 1.82) is 0 Å². The number of hydrogen-bond donors (Lipinski definition) is 1. The second-order valence-corrected chi connectivity index (χ2v) is 8.58. The van der Waals surface area contributed by atoms with E-state index in [1.807, 2.05) is 20.2 Å². The van der Waals surface area contributed by atoms with Gasteiger partial charge in [0.1, 0.15) is 0 Å². The van der Waals surface area contributed by atoms with Crippen LogP contribution in [-0.4, -0.2) is 38.5 Å². The molecule has 102 valence electrons. The fourth-order valence-corrected chi connectivity index (χ4v) is 5.43. The number of aryl methyl sites for hydroxylation is 1. The van der Waals surface area contributed by atoms with Gasteiger partial charge in [-0.2, -0.15) is 0 Å². The zero-order valence-corrected chi connectivity index (χ0v) is 12.5. The first-order chi connectivity index (χ1) is 8.50. The van der Waals surface area contributed by atoms with Crippen molar-refractivity contribution in [1.82, 2.24) is 10.3 Å². The van der Waals surface area contributed by atoms with Gasteiger partial charge >= 0.3 is 0 Å². The first kappa shape index (κ1) is 14.0. The van der Waals surface area contributed by atoms with Gasteiger partial charge in [-0.15, -0.1) is 11.3 Å². The highest BCUT2D eigenvalue weighted by atomic mass is 32.2. The summed E-state index contributed by atoms with van der Waals surface area (Å²) in [5.74, 6) is 1.41. The molecule has 2 atom stereocenters. The lowest BCUT2D eigenvalue weighted by Gasteiger charge is -2.21. The summed E-state index contributed by atoms with van der Waals surface area (Å²) >= 11 is 1.71. The van der Waals surface area contributed by atoms with Crippen LogP contribution in [0, 0.1) is 18.8 Å². The van der Waals surface area contributed by atoms with Gasteiger partial charge in [0.05, 0.1) is 16.5 Å². The van der Waals surface area contributed by atoms with Gasteiger partial charge in [-0.05, 0) is 45.2 Å². The molecule has 1 saturated heterocycles. The quantitative estimate of drug-likeness (QED) is 0.886. The van der Waals surface area contributed by atoms with E-state index in [2.05, 4.69) is 10.3 Å². The second-order valence-electron chi connectivity index (χ2n) is 5.03. The molecule has 0 spiro atoms. The fourth-order valence-electron chi connectivity index (χ4n) is 2.62. The van der Waals surface area contributed by atoms with Gasteiger partial charge in [0.15, 0.2) is 9.84 Å². The number of hydrogen-bond acceptors (Lipinski definition) is 5. The van der Waals surface area contributed by atoms with E-state index in [1.165, 1.54) is 4.88 Å². The van der Waals surface area contributed by atoms with Crippen LogP contribution in [0.4, 0.5) is 0 Å². The molecule has 0 saturated carbocycles. The molecule has 0 aromatic carbocycles. The summed E-state index contributed by atoms with van der Waals surface area (Å²) in [4.78, 5) is 5.53. The molecule has 6 heteroatoms. The smallest absolute Gasteiger partial charge is 0.150 e. The van der Waals surface area contributed by atoms with Crippen molar-refractivity contribution < 1.29 is 8.42 Å². The number of thiazole rings is 1. The van der Waals surface area contributed by atoms with Crippen molar-refractivity contribution >= 4 is 21.2 Å². The van der Waals surface area contributed by atoms with Crippen LogP contribution >= 0.6 is 11.3 Å². The maximum atomic E-state index is 11.6. The van der Waals surface area contributed by atoms with E-state index in [9.17, 15) is 8.42 Å². The van der Waals surface area contributed by atoms with Crippen LogP contribution in [0.2, 0.25) is 0 Å². The number of nitrogens with zero attached hydrogens (tertiary/aromatic N) is 1. The Kier molecular flexibility index (Phi) is 4.40. The third-order valence-electron chi connectivity index (χ3n) is 3.53. The zero-order valence-electron chi connectivity index (χ0n) is 10.8. The minimum atomic E-state index is -2.79. The molecule has 1 aromatic heterocycles. The highest BCUT2D eigenvalue weighted by molar-refractivity contribution is 7.91. The molecule has 18 heavy (non-hydrogen) atoms. The molecule has 1 aliphatic rings. The van der Waals surface area contributed by atoms with Gasteiger partial charge in [-0.25, -0.2) is 13.4 Å². The van der Waals surface area contributed by atoms with Gasteiger partial charge in [-0.1, -0.05) is 0 Å². The molecule has 1 N–H and O–H groups in total. The van der Waals surface area contributed by atoms with Crippen molar-refractivity contribution in [2.45, 2.75) is 19.8 Å². The lowest BCUT2D eigenvalue weighted by Crippen LogP contribution is -2.28. The Morgan fingerprint density at radius 2 is 2.39 bits per heavy atom. The molecule has 0 aliphatic carbocycles. The van der Waals surface area contributed by atoms with E-state index in [4.69, 9.17) is 0 Å². The van der Waals surface area contributed by atoms with Gasteiger partial charge in [-0.3, -0.25) is 0 Å². The number of sulfone groups is 1. The molecule has 1 aromatic rings. The maximum Gasteiger partial charge on any atom is 0.150 e. The standard InChI is InChI=1S/C12H20N2O2S2/c1-9-14-7-12(17-9)5-11(6-13-2)10-3-4-18(15,16)8-10/h7,10-11,13H,3-6,8H2,1-2H3. The van der Waals surface area contributed by atoms with E-state index in [0.717, 1.165) is 24.4 Å². The lowest BCUT2D eigenvalue weighted by molar-refractivity contribution is 0.353. The van der Waals surface area contributed by atoms with Gasteiger partial charge in [0, 0.05) is 11.1 Å². The number of nitrogens with one attached hydrogen (secondary N) is 1. The Hall–Kier alpha value is -0.460. The van der Waals surface area contributed by atoms with Gasteiger partial charge < -0.3 is 5.32 Å². The number of aromatic nitrogens is 1. The van der Waals surface area contributed by atoms with Crippen molar-refractivity contribution in [2.24, 2.45) is 11.8 Å². The van der Waals surface area contributed by atoms with Crippen molar-refractivity contribution in [3.8, 4) is 0 Å². The molecule has 2 unspecified atom stereocenters. The second kappa shape index (κ2) is 5.67. The van der Waals surface area contributed by atoms with Crippen molar-refractivity contribution in [2.75, 3.05) is 25.1 Å². The van der Waals surface area contributed by atoms with Crippen LogP contribution in [0.1, 0.15) is 16.3 Å². The molecular formula is C12H20N2O2S2. The molecule has 1 aliphatic heterocycles. The Balaban J connectivity index is 2.04. The van der Waals surface area contributed by atoms with Crippen LogP contribution < -0.4 is 5.32 Å². The Morgan fingerprint density at radius 1 is 1.61 bits per heavy atom. The summed E-state index contributed by atoms with van der Waals surface area (Å²) in [7, 11) is -0.861. The van der Waals surface area contributed by atoms with E-state index >= 15 is 0 Å². The molecule has 4 nitrogen and oxygen atoms in total. The highest BCUT2D eigenvalue weighted by Gasteiger charge is 2.33. The average molecular weight is 288 g/mol. The predicted octanol–water partition coefficient (Wildman–Crippen LogP) is 1.26. The van der Waals surface area contributed by atoms with Crippen LogP contribution in [0.3, 0.4) is 0 Å². The Morgan fingerprint density at radius 3 is 2.89 bits per heavy atom. The van der Waals surface area contributed by atoms with Gasteiger partial charge in [0.2, 0.25) is 0 Å². The minimum Gasteiger partial charge on any atom is -0.319 e. The lowest BCUT2D eigenvalue weighted by atomic mass is 9.88. The van der Waals surface area contributed by atoms with Crippen LogP contribution in [0.5, 0.6) is 0 Å². The first-order valence-electron chi connectivity index (χ1n) is 6.26. The number of rotatable bonds is 5. The third kappa shape index (κ3) is 3.52. The third-order valence-corrected chi connectivity index (χ3v) is 6.26. The van der Waals surface area contributed by atoms with Crippen molar-refractivity contribution in [3.63, 3.8) is 0 Å². The van der Waals surface area contributed by atoms with E-state index in [0.29, 0.717) is 23.3 Å². The summed E-state index contributed by atoms with van der Waals surface area (Å²) in [6.07, 6.45) is 3.67. The molecular weight excluding hydrogens is 268 g/mol. The molecule has 0 bridgehead atoms. The molecule has 0 amide bonds. The van der Waals surface area contributed by atoms with Crippen LogP contribution in [-0.2, 0) is 16.3 Å². The predicted molar refractivity (Wildman–Crippen MR) is 74.7 cm³/mol. The largest absolute Gasteiger partial charge is 0.319 e. The van der Waals surface area contributed by atoms with E-state index in [1.54, 1.807) is 11.3 Å². The van der Waals surface area contributed by atoms with Crippen LogP contribution in [0.15, 0.2) is 6.20 Å². The summed E-state index contributed by atoms with van der Waals surface area (Å²) in [6, 6.07) is 0. The summed E-state index contributed by atoms with van der Waals surface area (Å²) < 4.78 is 23.2. The van der Waals surface area contributed by atoms with E-state index < -0.39 is 9.84 Å². The molecule has 2 heterocycles. The normalized spacial score (nSPS) is 24.2. The SMILES string of the molecule is CNCC(Cc1cnc(C)s1)C1CCS(=O)(=O)C1. The fraction of sp³-hybridized carbons (Fsp3) is 0.750. The maximum absolute atomic E-state index is 11.6. The topological polar surface area (TPSA) is 59.1 Å². The van der Waals surface area contributed by atoms with E-state index in [-0.39, 0.29) is 0 Å². The summed E-state index contributed by atoms with van der Waals surface area (Å²) in [5.41, 5.74) is 0. The minimum absolute atomic E-state index is 0.296. The van der Waals surface area contributed by atoms with Gasteiger partial charge in [0.25, 0.3) is 0 Å². The molecule has 1 fully saturated rings. The molecule has 0 radical (unpaired) electrons. The average Bonchev–Trinajstić information content (AvgIpc) is 2.84. The Labute approximate surface area is 113 Å². The summed E-state index contributed by atoms with van der Waals surface area (Å²) in [6.45, 7) is 2.87. The Bertz CT molecular complexity index is 496. The van der Waals surface area contributed by atoms with Crippen LogP contribution in [0.25, 0.3) is 0 Å². The summed E-state index contributed by atoms with van der Waals surface area (Å²) in [5, 5.41) is 4.26.